The topological polar surface area (TPSA) is 119 Å². The Labute approximate surface area is 98.2 Å². The van der Waals surface area contributed by atoms with E-state index in [1.54, 1.807) is 0 Å². The van der Waals surface area contributed by atoms with Crippen LogP contribution in [0, 0.1) is 10.1 Å². The first-order chi connectivity index (χ1) is 7.80. The van der Waals surface area contributed by atoms with Crippen LogP contribution < -0.4 is 11.3 Å². The molecule has 0 radical (unpaired) electrons. The molecule has 9 heteroatoms. The number of sulfonamides is 1. The summed E-state index contributed by atoms with van der Waals surface area (Å²) in [6, 6.07) is 3.45. The van der Waals surface area contributed by atoms with E-state index in [0.717, 1.165) is 10.4 Å². The third-order valence-corrected chi connectivity index (χ3v) is 3.91. The van der Waals surface area contributed by atoms with Crippen molar-refractivity contribution in [2.45, 2.75) is 4.90 Å². The van der Waals surface area contributed by atoms with Gasteiger partial charge in [0.25, 0.3) is 5.69 Å². The Bertz CT molecular complexity index is 540. The van der Waals surface area contributed by atoms with Crippen LogP contribution in [0.3, 0.4) is 0 Å². The van der Waals surface area contributed by atoms with E-state index in [-0.39, 0.29) is 10.6 Å². The molecule has 0 amide bonds. The highest BCUT2D eigenvalue weighted by molar-refractivity contribution is 7.89. The van der Waals surface area contributed by atoms with Gasteiger partial charge in [-0.1, -0.05) is 0 Å². The summed E-state index contributed by atoms with van der Waals surface area (Å²) in [6.45, 7) is 0. The van der Waals surface area contributed by atoms with Crippen LogP contribution in [0.15, 0.2) is 23.1 Å². The number of nitrogens with two attached hydrogens (primary N) is 1. The van der Waals surface area contributed by atoms with Crippen LogP contribution in [-0.4, -0.2) is 31.7 Å². The number of hydrogen-bond acceptors (Lipinski definition) is 6. The molecule has 0 aliphatic carbocycles. The highest BCUT2D eigenvalue weighted by atomic mass is 32.2. The zero-order valence-corrected chi connectivity index (χ0v) is 10.1. The number of nitrogens with zero attached hydrogens (tertiary/aromatic N) is 2. The highest BCUT2D eigenvalue weighted by Crippen LogP contribution is 2.27. The molecular formula is C8H12N4O4S. The molecule has 0 bridgehead atoms. The maximum Gasteiger partial charge on any atom is 0.294 e. The summed E-state index contributed by atoms with van der Waals surface area (Å²) in [7, 11) is -1.01. The third-order valence-electron chi connectivity index (χ3n) is 2.10. The minimum Gasteiger partial charge on any atom is -0.318 e. The molecule has 0 spiro atoms. The summed E-state index contributed by atoms with van der Waals surface area (Å²) in [6.07, 6.45) is 0. The lowest BCUT2D eigenvalue weighted by Gasteiger charge is -2.11. The van der Waals surface area contributed by atoms with Crippen LogP contribution in [0.1, 0.15) is 0 Å². The molecule has 0 saturated heterocycles. The zero-order valence-electron chi connectivity index (χ0n) is 9.25. The molecule has 17 heavy (non-hydrogen) atoms. The van der Waals surface area contributed by atoms with Crippen molar-refractivity contribution in [3.63, 3.8) is 0 Å². The normalized spacial score (nSPS) is 11.5. The molecule has 1 aromatic carbocycles. The SMILES string of the molecule is CN(C)S(=O)(=O)c1ccc(NN)c([N+](=O)[O-])c1. The van der Waals surface area contributed by atoms with Gasteiger partial charge in [0.15, 0.2) is 0 Å². The van der Waals surface area contributed by atoms with Crippen molar-refractivity contribution >= 4 is 21.4 Å². The number of benzene rings is 1. The number of nitro groups is 1. The van der Waals surface area contributed by atoms with Gasteiger partial charge in [-0.15, -0.1) is 0 Å². The summed E-state index contributed by atoms with van der Waals surface area (Å²) in [5, 5.41) is 10.7. The lowest BCUT2D eigenvalue weighted by Crippen LogP contribution is -2.22. The number of hydrogen-bond donors (Lipinski definition) is 2. The van der Waals surface area contributed by atoms with Gasteiger partial charge < -0.3 is 5.43 Å². The van der Waals surface area contributed by atoms with Crippen molar-refractivity contribution in [1.29, 1.82) is 0 Å². The maximum absolute atomic E-state index is 11.8. The lowest BCUT2D eigenvalue weighted by molar-refractivity contribution is -0.384. The molecule has 0 heterocycles. The van der Waals surface area contributed by atoms with Crippen molar-refractivity contribution < 1.29 is 13.3 Å². The van der Waals surface area contributed by atoms with E-state index >= 15 is 0 Å². The summed E-state index contributed by atoms with van der Waals surface area (Å²) in [5.74, 6) is 5.09. The predicted octanol–water partition coefficient (Wildman–Crippen LogP) is 0.131. The molecule has 0 aliphatic heterocycles. The Kier molecular flexibility index (Phi) is 3.66. The molecule has 0 atom stereocenters. The smallest absolute Gasteiger partial charge is 0.294 e. The number of nitrogen functional groups attached to an aromatic ring is 1. The molecule has 94 valence electrons. The number of hydrazine groups is 1. The first-order valence-corrected chi connectivity index (χ1v) is 5.92. The second-order valence-electron chi connectivity index (χ2n) is 3.37. The monoisotopic (exact) mass is 260 g/mol. The molecule has 1 rings (SSSR count). The van der Waals surface area contributed by atoms with Gasteiger partial charge in [-0.2, -0.15) is 0 Å². The van der Waals surface area contributed by atoms with E-state index in [2.05, 4.69) is 5.43 Å². The van der Waals surface area contributed by atoms with Crippen LogP contribution in [0.5, 0.6) is 0 Å². The van der Waals surface area contributed by atoms with Crippen LogP contribution in [0.25, 0.3) is 0 Å². The Balaban J connectivity index is 3.41. The molecule has 8 nitrogen and oxygen atoms in total. The van der Waals surface area contributed by atoms with E-state index in [1.807, 2.05) is 0 Å². The van der Waals surface area contributed by atoms with Crippen molar-refractivity contribution in [2.75, 3.05) is 19.5 Å². The van der Waals surface area contributed by atoms with Gasteiger partial charge in [0.1, 0.15) is 5.69 Å². The number of anilines is 1. The Morgan fingerprint density at radius 2 is 2.00 bits per heavy atom. The van der Waals surface area contributed by atoms with Gasteiger partial charge >= 0.3 is 0 Å². The molecule has 0 aliphatic rings. The number of nitro benzene ring substituents is 1. The quantitative estimate of drug-likeness (QED) is 0.451. The van der Waals surface area contributed by atoms with Crippen LogP contribution >= 0.6 is 0 Å². The predicted molar refractivity (Wildman–Crippen MR) is 61.8 cm³/mol. The number of nitrogens with one attached hydrogen (secondary N) is 1. The van der Waals surface area contributed by atoms with Crippen molar-refractivity contribution in [1.82, 2.24) is 4.31 Å². The Morgan fingerprint density at radius 3 is 2.41 bits per heavy atom. The summed E-state index contributed by atoms with van der Waals surface area (Å²) in [4.78, 5) is 9.87. The Morgan fingerprint density at radius 1 is 1.41 bits per heavy atom. The zero-order chi connectivity index (χ0) is 13.2. The average Bonchev–Trinajstić information content (AvgIpc) is 2.27. The summed E-state index contributed by atoms with van der Waals surface area (Å²) >= 11 is 0. The van der Waals surface area contributed by atoms with E-state index in [4.69, 9.17) is 5.84 Å². The molecule has 0 aromatic heterocycles. The highest BCUT2D eigenvalue weighted by Gasteiger charge is 2.22. The maximum atomic E-state index is 11.8. The molecule has 3 N–H and O–H groups in total. The molecular weight excluding hydrogens is 248 g/mol. The van der Waals surface area contributed by atoms with Crippen molar-refractivity contribution in [3.05, 3.63) is 28.3 Å². The molecule has 1 aromatic rings. The van der Waals surface area contributed by atoms with Crippen molar-refractivity contribution in [3.8, 4) is 0 Å². The van der Waals surface area contributed by atoms with E-state index in [9.17, 15) is 18.5 Å². The fourth-order valence-corrected chi connectivity index (χ4v) is 2.08. The second kappa shape index (κ2) is 4.65. The minimum atomic E-state index is -3.70. The van der Waals surface area contributed by atoms with Crippen LogP contribution in [0.2, 0.25) is 0 Å². The fraction of sp³-hybridized carbons (Fsp3) is 0.250. The van der Waals surface area contributed by atoms with Gasteiger partial charge in [-0.25, -0.2) is 12.7 Å². The van der Waals surface area contributed by atoms with Gasteiger partial charge in [-0.05, 0) is 12.1 Å². The first-order valence-electron chi connectivity index (χ1n) is 4.48. The van der Waals surface area contributed by atoms with Crippen molar-refractivity contribution in [2.24, 2.45) is 5.84 Å². The second-order valence-corrected chi connectivity index (χ2v) is 5.52. The number of rotatable bonds is 4. The lowest BCUT2D eigenvalue weighted by atomic mass is 10.3. The van der Waals surface area contributed by atoms with Gasteiger partial charge in [0.05, 0.1) is 9.82 Å². The first kappa shape index (κ1) is 13.4. The van der Waals surface area contributed by atoms with Gasteiger partial charge in [-0.3, -0.25) is 16.0 Å². The largest absolute Gasteiger partial charge is 0.318 e. The van der Waals surface area contributed by atoms with Gasteiger partial charge in [0, 0.05) is 20.2 Å². The summed E-state index contributed by atoms with van der Waals surface area (Å²) in [5.41, 5.74) is 1.79. The van der Waals surface area contributed by atoms with Crippen LogP contribution in [-0.2, 0) is 10.0 Å². The third kappa shape index (κ3) is 2.52. The molecule has 0 unspecified atom stereocenters. The van der Waals surface area contributed by atoms with E-state index in [0.29, 0.717) is 0 Å². The minimum absolute atomic E-state index is 0.0488. The van der Waals surface area contributed by atoms with Crippen LogP contribution in [0.4, 0.5) is 11.4 Å². The van der Waals surface area contributed by atoms with Gasteiger partial charge in [0.2, 0.25) is 10.0 Å². The molecule has 0 saturated carbocycles. The fourth-order valence-electron chi connectivity index (χ4n) is 1.16. The summed E-state index contributed by atoms with van der Waals surface area (Å²) < 4.78 is 24.5. The molecule has 0 fully saturated rings. The standard InChI is InChI=1S/C8H12N4O4S/c1-11(2)17(15,16)6-3-4-7(10-9)8(5-6)12(13)14/h3-5,10H,9H2,1-2H3. The Hall–Kier alpha value is -1.71. The average molecular weight is 260 g/mol. The van der Waals surface area contributed by atoms with E-state index in [1.165, 1.54) is 26.2 Å². The van der Waals surface area contributed by atoms with E-state index < -0.39 is 20.6 Å².